The highest BCUT2D eigenvalue weighted by Crippen LogP contribution is 2.30. The quantitative estimate of drug-likeness (QED) is 0.349. The van der Waals surface area contributed by atoms with E-state index in [1.807, 2.05) is 42.5 Å². The van der Waals surface area contributed by atoms with E-state index in [2.05, 4.69) is 10.3 Å². The third kappa shape index (κ3) is 3.79. The molecular weight excluding hydrogens is 390 g/mol. The minimum absolute atomic E-state index is 0.0432. The van der Waals surface area contributed by atoms with Crippen molar-refractivity contribution >= 4 is 39.8 Å². The second-order valence-electron chi connectivity index (χ2n) is 6.31. The molecule has 1 amide bonds. The molecule has 0 spiro atoms. The first-order valence-electron chi connectivity index (χ1n) is 8.73. The van der Waals surface area contributed by atoms with Gasteiger partial charge in [0, 0.05) is 33.8 Å². The van der Waals surface area contributed by atoms with E-state index in [1.165, 1.54) is 24.3 Å². The van der Waals surface area contributed by atoms with E-state index in [-0.39, 0.29) is 11.6 Å². The average Bonchev–Trinajstić information content (AvgIpc) is 2.73. The van der Waals surface area contributed by atoms with Crippen LogP contribution in [0, 0.1) is 10.1 Å². The lowest BCUT2D eigenvalue weighted by atomic mass is 10.0. The number of pyridine rings is 1. The normalized spacial score (nSPS) is 10.7. The number of benzene rings is 3. The summed E-state index contributed by atoms with van der Waals surface area (Å²) in [5.74, 6) is -0.342. The van der Waals surface area contributed by atoms with Gasteiger partial charge >= 0.3 is 0 Å². The molecule has 0 aliphatic heterocycles. The number of nitro groups is 1. The first-order chi connectivity index (χ1) is 14.0. The number of hydrogen-bond donors (Lipinski definition) is 1. The van der Waals surface area contributed by atoms with Gasteiger partial charge in [-0.05, 0) is 30.3 Å². The molecule has 1 N–H and O–H groups in total. The average molecular weight is 404 g/mol. The number of carbonyl (C=O) groups excluding carboxylic acids is 1. The molecule has 0 unspecified atom stereocenters. The van der Waals surface area contributed by atoms with Crippen LogP contribution < -0.4 is 5.32 Å². The Balaban J connectivity index is 1.76. The van der Waals surface area contributed by atoms with Crippen LogP contribution in [0.1, 0.15) is 10.4 Å². The number of carbonyl (C=O) groups is 1. The highest BCUT2D eigenvalue weighted by molar-refractivity contribution is 6.33. The van der Waals surface area contributed by atoms with Crippen LogP contribution in [0.3, 0.4) is 0 Å². The zero-order chi connectivity index (χ0) is 20.4. The fourth-order valence-electron chi connectivity index (χ4n) is 3.04. The van der Waals surface area contributed by atoms with Crippen molar-refractivity contribution in [2.75, 3.05) is 5.32 Å². The standard InChI is InChI=1S/C22H14ClN3O3/c23-19-7-3-1-6-17(19)21-13-18(16-5-2-4-8-20(16)25-21)22(27)24-14-9-11-15(12-10-14)26(28)29/h1-13H,(H,24,27). The van der Waals surface area contributed by atoms with Gasteiger partial charge in [0.1, 0.15) is 0 Å². The van der Waals surface area contributed by atoms with Crippen LogP contribution in [-0.4, -0.2) is 15.8 Å². The molecule has 0 aliphatic carbocycles. The van der Waals surface area contributed by atoms with Crippen LogP contribution in [0.2, 0.25) is 5.02 Å². The van der Waals surface area contributed by atoms with E-state index in [1.54, 1.807) is 12.1 Å². The largest absolute Gasteiger partial charge is 0.322 e. The van der Waals surface area contributed by atoms with Crippen molar-refractivity contribution in [1.29, 1.82) is 0 Å². The predicted octanol–water partition coefficient (Wildman–Crippen LogP) is 5.72. The Morgan fingerprint density at radius 2 is 1.66 bits per heavy atom. The Morgan fingerprint density at radius 3 is 2.38 bits per heavy atom. The van der Waals surface area contributed by atoms with Gasteiger partial charge in [-0.3, -0.25) is 14.9 Å². The van der Waals surface area contributed by atoms with E-state index in [9.17, 15) is 14.9 Å². The lowest BCUT2D eigenvalue weighted by molar-refractivity contribution is -0.384. The first-order valence-corrected chi connectivity index (χ1v) is 9.11. The molecule has 1 aromatic heterocycles. The summed E-state index contributed by atoms with van der Waals surface area (Å²) >= 11 is 6.32. The second kappa shape index (κ2) is 7.69. The number of halogens is 1. The van der Waals surface area contributed by atoms with Crippen molar-refractivity contribution in [1.82, 2.24) is 4.98 Å². The third-order valence-electron chi connectivity index (χ3n) is 4.45. The summed E-state index contributed by atoms with van der Waals surface area (Å²) in [7, 11) is 0. The zero-order valence-electron chi connectivity index (χ0n) is 15.0. The molecule has 3 aromatic carbocycles. The van der Waals surface area contributed by atoms with Gasteiger partial charge in [0.25, 0.3) is 11.6 Å². The lowest BCUT2D eigenvalue weighted by Crippen LogP contribution is -2.13. The van der Waals surface area contributed by atoms with Gasteiger partial charge in [0.2, 0.25) is 0 Å². The fourth-order valence-corrected chi connectivity index (χ4v) is 3.27. The summed E-state index contributed by atoms with van der Waals surface area (Å²) in [6.45, 7) is 0. The topological polar surface area (TPSA) is 85.1 Å². The number of anilines is 1. The maximum Gasteiger partial charge on any atom is 0.269 e. The number of hydrogen-bond acceptors (Lipinski definition) is 4. The maximum absolute atomic E-state index is 13.0. The molecular formula is C22H14ClN3O3. The molecule has 0 fully saturated rings. The van der Waals surface area contributed by atoms with E-state index < -0.39 is 4.92 Å². The first kappa shape index (κ1) is 18.6. The Kier molecular flexibility index (Phi) is 4.93. The molecule has 29 heavy (non-hydrogen) atoms. The molecule has 0 aliphatic rings. The van der Waals surface area contributed by atoms with Gasteiger partial charge in [-0.25, -0.2) is 4.98 Å². The van der Waals surface area contributed by atoms with Crippen molar-refractivity contribution in [2.45, 2.75) is 0 Å². The molecule has 1 heterocycles. The fraction of sp³-hybridized carbons (Fsp3) is 0. The summed E-state index contributed by atoms with van der Waals surface area (Å²) in [5.41, 5.74) is 2.83. The predicted molar refractivity (Wildman–Crippen MR) is 113 cm³/mol. The SMILES string of the molecule is O=C(Nc1ccc([N+](=O)[O-])cc1)c1cc(-c2ccccc2Cl)nc2ccccc12. The van der Waals surface area contributed by atoms with Crippen LogP contribution >= 0.6 is 11.6 Å². The van der Waals surface area contributed by atoms with Crippen LogP contribution in [-0.2, 0) is 0 Å². The minimum Gasteiger partial charge on any atom is -0.322 e. The van der Waals surface area contributed by atoms with Crippen molar-refractivity contribution < 1.29 is 9.72 Å². The van der Waals surface area contributed by atoms with Crippen molar-refractivity contribution in [3.8, 4) is 11.3 Å². The van der Waals surface area contributed by atoms with Crippen LogP contribution in [0.15, 0.2) is 78.9 Å². The summed E-state index contributed by atoms with van der Waals surface area (Å²) < 4.78 is 0. The van der Waals surface area contributed by atoms with Crippen LogP contribution in [0.4, 0.5) is 11.4 Å². The number of fused-ring (bicyclic) bond motifs is 1. The number of rotatable bonds is 4. The highest BCUT2D eigenvalue weighted by atomic mass is 35.5. The molecule has 0 saturated heterocycles. The molecule has 6 nitrogen and oxygen atoms in total. The van der Waals surface area contributed by atoms with E-state index in [0.717, 1.165) is 5.56 Å². The number of para-hydroxylation sites is 1. The second-order valence-corrected chi connectivity index (χ2v) is 6.72. The van der Waals surface area contributed by atoms with Crippen molar-refractivity contribution in [3.63, 3.8) is 0 Å². The molecule has 4 aromatic rings. The summed E-state index contributed by atoms with van der Waals surface area (Å²) in [6.07, 6.45) is 0. The summed E-state index contributed by atoms with van der Waals surface area (Å²) in [4.78, 5) is 28.0. The van der Waals surface area contributed by atoms with Gasteiger partial charge in [0.15, 0.2) is 0 Å². The lowest BCUT2D eigenvalue weighted by Gasteiger charge is -2.11. The van der Waals surface area contributed by atoms with E-state index in [4.69, 9.17) is 11.6 Å². The van der Waals surface area contributed by atoms with E-state index >= 15 is 0 Å². The molecule has 0 radical (unpaired) electrons. The Labute approximate surface area is 170 Å². The Bertz CT molecular complexity index is 1240. The van der Waals surface area contributed by atoms with Crippen molar-refractivity contribution in [2.24, 2.45) is 0 Å². The number of aromatic nitrogens is 1. The van der Waals surface area contributed by atoms with Gasteiger partial charge in [-0.1, -0.05) is 48.0 Å². The highest BCUT2D eigenvalue weighted by Gasteiger charge is 2.16. The van der Waals surface area contributed by atoms with Crippen LogP contribution in [0.5, 0.6) is 0 Å². The minimum atomic E-state index is -0.488. The Morgan fingerprint density at radius 1 is 0.966 bits per heavy atom. The smallest absolute Gasteiger partial charge is 0.269 e. The van der Waals surface area contributed by atoms with Crippen molar-refractivity contribution in [3.05, 3.63) is 99.6 Å². The van der Waals surface area contributed by atoms with Crippen LogP contribution in [0.25, 0.3) is 22.2 Å². The van der Waals surface area contributed by atoms with Gasteiger partial charge < -0.3 is 5.32 Å². The zero-order valence-corrected chi connectivity index (χ0v) is 15.8. The Hall–Kier alpha value is -3.77. The van der Waals surface area contributed by atoms with E-state index in [0.29, 0.717) is 32.9 Å². The molecule has 4 rings (SSSR count). The summed E-state index contributed by atoms with van der Waals surface area (Å²) in [5, 5.41) is 14.8. The molecule has 142 valence electrons. The van der Waals surface area contributed by atoms with Gasteiger partial charge in [-0.15, -0.1) is 0 Å². The number of nitro benzene ring substituents is 1. The number of amides is 1. The number of nitrogens with one attached hydrogen (secondary N) is 1. The molecule has 7 heteroatoms. The summed E-state index contributed by atoms with van der Waals surface area (Å²) in [6, 6.07) is 22.0. The molecule has 0 bridgehead atoms. The van der Waals surface area contributed by atoms with Gasteiger partial charge in [0.05, 0.1) is 21.7 Å². The maximum atomic E-state index is 13.0. The third-order valence-corrected chi connectivity index (χ3v) is 4.78. The van der Waals surface area contributed by atoms with Gasteiger partial charge in [-0.2, -0.15) is 0 Å². The molecule has 0 saturated carbocycles. The number of non-ortho nitro benzene ring substituents is 1. The number of nitrogens with zero attached hydrogens (tertiary/aromatic N) is 2. The molecule has 0 atom stereocenters. The monoisotopic (exact) mass is 403 g/mol.